The molecule has 1 atom stereocenters. The van der Waals surface area contributed by atoms with E-state index in [0.29, 0.717) is 24.1 Å². The van der Waals surface area contributed by atoms with E-state index < -0.39 is 0 Å². The summed E-state index contributed by atoms with van der Waals surface area (Å²) in [6.07, 6.45) is 5.11. The van der Waals surface area contributed by atoms with Gasteiger partial charge in [-0.05, 0) is 38.3 Å². The van der Waals surface area contributed by atoms with Crippen LogP contribution in [0, 0.1) is 5.82 Å². The number of halogens is 2. The molecular weight excluding hydrogens is 444 g/mol. The van der Waals surface area contributed by atoms with Gasteiger partial charge in [-0.15, -0.1) is 24.0 Å². The predicted octanol–water partition coefficient (Wildman–Crippen LogP) is 3.44. The highest BCUT2D eigenvalue weighted by Gasteiger charge is 2.23. The Kier molecular flexibility index (Phi) is 7.43. The van der Waals surface area contributed by atoms with Crippen molar-refractivity contribution >= 4 is 29.9 Å². The van der Waals surface area contributed by atoms with Crippen LogP contribution in [0.3, 0.4) is 0 Å². The third-order valence-corrected chi connectivity index (χ3v) is 4.59. The van der Waals surface area contributed by atoms with Gasteiger partial charge in [0.1, 0.15) is 5.82 Å². The first-order valence-corrected chi connectivity index (χ1v) is 8.84. The molecule has 3 rings (SSSR count). The molecule has 2 N–H and O–H groups in total. The molecule has 5 nitrogen and oxygen atoms in total. The van der Waals surface area contributed by atoms with Crippen molar-refractivity contribution in [1.82, 2.24) is 20.4 Å². The normalized spacial score (nSPS) is 16.8. The third-order valence-electron chi connectivity index (χ3n) is 4.59. The van der Waals surface area contributed by atoms with Crippen molar-refractivity contribution in [2.45, 2.75) is 51.7 Å². The van der Waals surface area contributed by atoms with Gasteiger partial charge in [0.2, 0.25) is 0 Å². The molecule has 0 radical (unpaired) electrons. The van der Waals surface area contributed by atoms with Crippen LogP contribution in [0.25, 0.3) is 0 Å². The van der Waals surface area contributed by atoms with Crippen LogP contribution in [-0.2, 0) is 19.4 Å². The second-order valence-electron chi connectivity index (χ2n) is 6.78. The summed E-state index contributed by atoms with van der Waals surface area (Å²) in [6, 6.07) is 7.45. The van der Waals surface area contributed by atoms with Crippen LogP contribution in [-0.4, -0.2) is 28.8 Å². The fraction of sp³-hybridized carbons (Fsp3) is 0.474. The molecule has 1 unspecified atom stereocenters. The largest absolute Gasteiger partial charge is 0.353 e. The van der Waals surface area contributed by atoms with Gasteiger partial charge in [0.05, 0.1) is 5.69 Å². The molecule has 1 aromatic carbocycles. The van der Waals surface area contributed by atoms with Crippen LogP contribution >= 0.6 is 24.0 Å². The molecular formula is C19H27FIN5. The fourth-order valence-electron chi connectivity index (χ4n) is 3.11. The maximum Gasteiger partial charge on any atom is 0.191 e. The van der Waals surface area contributed by atoms with E-state index in [1.54, 1.807) is 19.2 Å². The first kappa shape index (κ1) is 20.7. The van der Waals surface area contributed by atoms with Crippen molar-refractivity contribution in [2.24, 2.45) is 4.99 Å². The molecule has 0 saturated carbocycles. The molecule has 1 aromatic heterocycles. The number of aryl methyl sites for hydroxylation is 1. The summed E-state index contributed by atoms with van der Waals surface area (Å²) in [5.41, 5.74) is 3.15. The molecule has 0 fully saturated rings. The Hall–Kier alpha value is -1.64. The van der Waals surface area contributed by atoms with E-state index in [2.05, 4.69) is 35.7 Å². The van der Waals surface area contributed by atoms with Gasteiger partial charge in [-0.3, -0.25) is 9.67 Å². The zero-order chi connectivity index (χ0) is 17.8. The number of benzene rings is 1. The molecule has 1 aliphatic carbocycles. The Bertz CT molecular complexity index is 756. The summed E-state index contributed by atoms with van der Waals surface area (Å²) in [6.45, 7) is 4.69. The Balaban J connectivity index is 0.00000243. The molecule has 7 heteroatoms. The lowest BCUT2D eigenvalue weighted by molar-refractivity contribution is 0.499. The molecule has 26 heavy (non-hydrogen) atoms. The van der Waals surface area contributed by atoms with Crippen LogP contribution < -0.4 is 10.6 Å². The van der Waals surface area contributed by atoms with Crippen LogP contribution in [0.1, 0.15) is 43.1 Å². The number of rotatable bonds is 4. The molecule has 2 aromatic rings. The summed E-state index contributed by atoms with van der Waals surface area (Å²) < 4.78 is 15.8. The van der Waals surface area contributed by atoms with E-state index in [1.807, 2.05) is 10.7 Å². The molecule has 0 aliphatic heterocycles. The number of aliphatic imine (C=N–C) groups is 1. The van der Waals surface area contributed by atoms with Crippen LogP contribution in [0.2, 0.25) is 0 Å². The third kappa shape index (κ3) is 4.96. The van der Waals surface area contributed by atoms with Gasteiger partial charge in [-0.25, -0.2) is 4.39 Å². The number of nitrogens with zero attached hydrogens (tertiary/aromatic N) is 3. The van der Waals surface area contributed by atoms with Crippen LogP contribution in [0.15, 0.2) is 35.5 Å². The summed E-state index contributed by atoms with van der Waals surface area (Å²) >= 11 is 0. The topological polar surface area (TPSA) is 54.2 Å². The highest BCUT2D eigenvalue weighted by Crippen LogP contribution is 2.21. The summed E-state index contributed by atoms with van der Waals surface area (Å²) in [5, 5.41) is 11.3. The SMILES string of the molecule is CN=C(NCc1ccccc1F)NC1CCc2cn(C(C)C)nc2C1.I. The van der Waals surface area contributed by atoms with Gasteiger partial charge in [-0.1, -0.05) is 18.2 Å². The van der Waals surface area contributed by atoms with E-state index in [9.17, 15) is 4.39 Å². The minimum absolute atomic E-state index is 0. The predicted molar refractivity (Wildman–Crippen MR) is 114 cm³/mol. The number of hydrogen-bond acceptors (Lipinski definition) is 2. The van der Waals surface area contributed by atoms with Crippen LogP contribution in [0.5, 0.6) is 0 Å². The van der Waals surface area contributed by atoms with E-state index in [0.717, 1.165) is 19.3 Å². The number of aromatic nitrogens is 2. The van der Waals surface area contributed by atoms with Gasteiger partial charge in [0.15, 0.2) is 5.96 Å². The molecule has 0 spiro atoms. The van der Waals surface area contributed by atoms with Crippen molar-refractivity contribution in [2.75, 3.05) is 7.05 Å². The average Bonchev–Trinajstić information content (AvgIpc) is 3.03. The Morgan fingerprint density at radius 1 is 1.38 bits per heavy atom. The Morgan fingerprint density at radius 3 is 2.85 bits per heavy atom. The number of hydrogen-bond donors (Lipinski definition) is 2. The summed E-state index contributed by atoms with van der Waals surface area (Å²) in [4.78, 5) is 4.26. The number of nitrogens with one attached hydrogen (secondary N) is 2. The number of fused-ring (bicyclic) bond motifs is 1. The Morgan fingerprint density at radius 2 is 2.15 bits per heavy atom. The molecule has 1 heterocycles. The van der Waals surface area contributed by atoms with Gasteiger partial charge in [0, 0.05) is 43.9 Å². The standard InChI is InChI=1S/C19H26FN5.HI/c1-13(2)25-12-15-8-9-16(10-18(15)24-25)23-19(21-3)22-11-14-6-4-5-7-17(14)20;/h4-7,12-13,16H,8-11H2,1-3H3,(H2,21,22,23);1H. The van der Waals surface area contributed by atoms with Gasteiger partial charge < -0.3 is 10.6 Å². The highest BCUT2D eigenvalue weighted by molar-refractivity contribution is 14.0. The molecule has 0 bridgehead atoms. The minimum Gasteiger partial charge on any atom is -0.353 e. The maximum atomic E-state index is 13.7. The van der Waals surface area contributed by atoms with E-state index in [-0.39, 0.29) is 35.8 Å². The van der Waals surface area contributed by atoms with Crippen LogP contribution in [0.4, 0.5) is 4.39 Å². The minimum atomic E-state index is -0.202. The fourth-order valence-corrected chi connectivity index (χ4v) is 3.11. The monoisotopic (exact) mass is 471 g/mol. The van der Waals surface area contributed by atoms with Crippen molar-refractivity contribution in [3.8, 4) is 0 Å². The second kappa shape index (κ2) is 9.34. The summed E-state index contributed by atoms with van der Waals surface area (Å²) in [5.74, 6) is 0.493. The van der Waals surface area contributed by atoms with Gasteiger partial charge in [0.25, 0.3) is 0 Å². The van der Waals surface area contributed by atoms with E-state index >= 15 is 0 Å². The van der Waals surface area contributed by atoms with E-state index in [1.165, 1.54) is 17.3 Å². The zero-order valence-corrected chi connectivity index (χ0v) is 17.8. The average molecular weight is 471 g/mol. The molecule has 0 amide bonds. The quantitative estimate of drug-likeness (QED) is 0.408. The van der Waals surface area contributed by atoms with Crippen molar-refractivity contribution < 1.29 is 4.39 Å². The smallest absolute Gasteiger partial charge is 0.191 e. The molecule has 0 saturated heterocycles. The lowest BCUT2D eigenvalue weighted by Crippen LogP contribution is -2.45. The van der Waals surface area contributed by atoms with Crippen molar-refractivity contribution in [1.29, 1.82) is 0 Å². The molecule has 142 valence electrons. The second-order valence-corrected chi connectivity index (χ2v) is 6.78. The maximum absolute atomic E-state index is 13.7. The first-order valence-electron chi connectivity index (χ1n) is 8.84. The number of guanidine groups is 1. The van der Waals surface area contributed by atoms with Crippen molar-refractivity contribution in [3.63, 3.8) is 0 Å². The highest BCUT2D eigenvalue weighted by atomic mass is 127. The lowest BCUT2D eigenvalue weighted by Gasteiger charge is -2.24. The Labute approximate surface area is 171 Å². The molecule has 1 aliphatic rings. The van der Waals surface area contributed by atoms with Gasteiger partial charge in [-0.2, -0.15) is 5.10 Å². The van der Waals surface area contributed by atoms with Crippen molar-refractivity contribution in [3.05, 3.63) is 53.1 Å². The van der Waals surface area contributed by atoms with E-state index in [4.69, 9.17) is 5.10 Å². The first-order chi connectivity index (χ1) is 12.1. The summed E-state index contributed by atoms with van der Waals surface area (Å²) in [7, 11) is 1.73. The van der Waals surface area contributed by atoms with Gasteiger partial charge >= 0.3 is 0 Å². The lowest BCUT2D eigenvalue weighted by atomic mass is 9.94. The zero-order valence-electron chi connectivity index (χ0n) is 15.5.